The molecule has 0 aliphatic heterocycles. The molecule has 2 aromatic heterocycles. The van der Waals surface area contributed by atoms with Crippen LogP contribution < -0.4 is 4.74 Å². The average molecular weight is 339 g/mol. The number of halogens is 2. The fourth-order valence-electron chi connectivity index (χ4n) is 1.54. The van der Waals surface area contributed by atoms with Crippen molar-refractivity contribution in [2.24, 2.45) is 0 Å². The normalized spacial score (nSPS) is 10.7. The number of para-hydroxylation sites is 1. The minimum Gasteiger partial charge on any atom is -0.481 e. The van der Waals surface area contributed by atoms with E-state index in [4.69, 9.17) is 13.6 Å². The largest absolute Gasteiger partial charge is 0.481 e. The van der Waals surface area contributed by atoms with Crippen LogP contribution in [0.4, 0.5) is 4.39 Å². The van der Waals surface area contributed by atoms with Gasteiger partial charge in [-0.3, -0.25) is 0 Å². The topological polar surface area (TPSA) is 61.3 Å². The molecule has 1 aromatic carbocycles. The number of hydrogen-bond acceptors (Lipinski definition) is 5. The van der Waals surface area contributed by atoms with Gasteiger partial charge in [-0.2, -0.15) is 0 Å². The maximum Gasteiger partial charge on any atom is 0.283 e. The van der Waals surface area contributed by atoms with Crippen molar-refractivity contribution in [1.29, 1.82) is 0 Å². The van der Waals surface area contributed by atoms with E-state index in [2.05, 4.69) is 26.1 Å². The van der Waals surface area contributed by atoms with Gasteiger partial charge in [0.1, 0.15) is 0 Å². The molecule has 0 saturated heterocycles. The van der Waals surface area contributed by atoms with E-state index in [0.717, 1.165) is 0 Å². The first-order valence-corrected chi connectivity index (χ1v) is 6.47. The van der Waals surface area contributed by atoms with Gasteiger partial charge in [-0.1, -0.05) is 12.1 Å². The second-order valence-electron chi connectivity index (χ2n) is 3.82. The molecule has 2 heterocycles. The Labute approximate surface area is 121 Å². The molecule has 0 aliphatic rings. The van der Waals surface area contributed by atoms with Crippen molar-refractivity contribution in [3.05, 3.63) is 52.8 Å². The summed E-state index contributed by atoms with van der Waals surface area (Å²) in [5.41, 5.74) is 0. The molecule has 0 fully saturated rings. The van der Waals surface area contributed by atoms with Gasteiger partial charge in [-0.15, -0.1) is 10.2 Å². The molecule has 0 aliphatic carbocycles. The molecule has 0 atom stereocenters. The zero-order valence-corrected chi connectivity index (χ0v) is 11.6. The maximum absolute atomic E-state index is 13.4. The number of hydrogen-bond donors (Lipinski definition) is 0. The van der Waals surface area contributed by atoms with E-state index < -0.39 is 5.82 Å². The molecule has 0 spiro atoms. The van der Waals surface area contributed by atoms with Crippen LogP contribution in [0.2, 0.25) is 0 Å². The van der Waals surface area contributed by atoms with Crippen molar-refractivity contribution in [1.82, 2.24) is 10.2 Å². The summed E-state index contributed by atoms with van der Waals surface area (Å²) in [6.45, 7) is -0.0180. The second-order valence-corrected chi connectivity index (χ2v) is 4.61. The van der Waals surface area contributed by atoms with E-state index in [-0.39, 0.29) is 24.1 Å². The van der Waals surface area contributed by atoms with Crippen LogP contribution in [0.5, 0.6) is 5.75 Å². The van der Waals surface area contributed by atoms with Gasteiger partial charge in [0.25, 0.3) is 11.8 Å². The Morgan fingerprint density at radius 3 is 2.70 bits per heavy atom. The minimum absolute atomic E-state index is 0.0180. The summed E-state index contributed by atoms with van der Waals surface area (Å²) in [7, 11) is 0. The lowest BCUT2D eigenvalue weighted by Crippen LogP contribution is -1.97. The van der Waals surface area contributed by atoms with E-state index in [1.165, 1.54) is 12.1 Å². The molecule has 0 N–H and O–H groups in total. The summed E-state index contributed by atoms with van der Waals surface area (Å²) >= 11 is 3.18. The molecule has 5 nitrogen and oxygen atoms in total. The Morgan fingerprint density at radius 2 is 1.95 bits per heavy atom. The van der Waals surface area contributed by atoms with Crippen LogP contribution in [0.25, 0.3) is 11.7 Å². The molecule has 0 bridgehead atoms. The lowest BCUT2D eigenvalue weighted by Gasteiger charge is -2.03. The molecule has 7 heteroatoms. The molecular weight excluding hydrogens is 331 g/mol. The Morgan fingerprint density at radius 1 is 1.10 bits per heavy atom. The fraction of sp³-hybridized carbons (Fsp3) is 0.0769. The highest BCUT2D eigenvalue weighted by atomic mass is 79.9. The SMILES string of the molecule is Fc1ccccc1OCc1nnc(-c2ccc(Br)o2)o1. The molecule has 20 heavy (non-hydrogen) atoms. The van der Waals surface area contributed by atoms with Gasteiger partial charge >= 0.3 is 0 Å². The first-order chi connectivity index (χ1) is 9.72. The second kappa shape index (κ2) is 5.46. The Balaban J connectivity index is 1.70. The number of ether oxygens (including phenoxy) is 1. The molecule has 3 rings (SSSR count). The van der Waals surface area contributed by atoms with Gasteiger partial charge in [0.05, 0.1) is 0 Å². The van der Waals surface area contributed by atoms with Crippen LogP contribution in [-0.2, 0) is 6.61 Å². The van der Waals surface area contributed by atoms with Crippen LogP contribution in [0.3, 0.4) is 0 Å². The monoisotopic (exact) mass is 338 g/mol. The number of rotatable bonds is 4. The van der Waals surface area contributed by atoms with Crippen LogP contribution in [-0.4, -0.2) is 10.2 Å². The predicted molar refractivity (Wildman–Crippen MR) is 70.4 cm³/mol. The zero-order chi connectivity index (χ0) is 13.9. The lowest BCUT2D eigenvalue weighted by molar-refractivity contribution is 0.252. The van der Waals surface area contributed by atoms with Gasteiger partial charge in [0.15, 0.2) is 28.6 Å². The van der Waals surface area contributed by atoms with Crippen LogP contribution in [0.1, 0.15) is 5.89 Å². The number of nitrogens with zero attached hydrogens (tertiary/aromatic N) is 2. The van der Waals surface area contributed by atoms with E-state index in [0.29, 0.717) is 10.4 Å². The van der Waals surface area contributed by atoms with Crippen molar-refractivity contribution >= 4 is 15.9 Å². The summed E-state index contributed by atoms with van der Waals surface area (Å²) in [5, 5.41) is 7.64. The third-order valence-electron chi connectivity index (χ3n) is 2.44. The van der Waals surface area contributed by atoms with Gasteiger partial charge in [0, 0.05) is 0 Å². The molecule has 102 valence electrons. The van der Waals surface area contributed by atoms with Crippen molar-refractivity contribution in [2.45, 2.75) is 6.61 Å². The minimum atomic E-state index is -0.442. The summed E-state index contributed by atoms with van der Waals surface area (Å²) < 4.78 is 29.8. The van der Waals surface area contributed by atoms with E-state index in [9.17, 15) is 4.39 Å². The number of benzene rings is 1. The highest BCUT2D eigenvalue weighted by Gasteiger charge is 2.13. The summed E-state index contributed by atoms with van der Waals surface area (Å²) in [6.07, 6.45) is 0. The molecule has 0 unspecified atom stereocenters. The maximum atomic E-state index is 13.4. The highest BCUT2D eigenvalue weighted by Crippen LogP contribution is 2.24. The van der Waals surface area contributed by atoms with Gasteiger partial charge in [-0.05, 0) is 40.2 Å². The van der Waals surface area contributed by atoms with Gasteiger partial charge in [0.2, 0.25) is 0 Å². The summed E-state index contributed by atoms with van der Waals surface area (Å²) in [4.78, 5) is 0. The summed E-state index contributed by atoms with van der Waals surface area (Å²) in [5.74, 6) is 0.607. The molecule has 0 radical (unpaired) electrons. The highest BCUT2D eigenvalue weighted by molar-refractivity contribution is 9.10. The lowest BCUT2D eigenvalue weighted by atomic mass is 10.3. The van der Waals surface area contributed by atoms with Crippen molar-refractivity contribution in [3.8, 4) is 17.4 Å². The van der Waals surface area contributed by atoms with E-state index in [1.54, 1.807) is 24.3 Å². The standard InChI is InChI=1S/C13H8BrFN2O3/c14-11-6-5-10(19-11)13-17-16-12(20-13)7-18-9-4-2-1-3-8(9)15/h1-6H,7H2. The molecule has 0 saturated carbocycles. The third kappa shape index (κ3) is 2.72. The molecule has 3 aromatic rings. The van der Waals surface area contributed by atoms with Crippen LogP contribution in [0.15, 0.2) is 49.9 Å². The van der Waals surface area contributed by atoms with Crippen LogP contribution >= 0.6 is 15.9 Å². The van der Waals surface area contributed by atoms with Crippen molar-refractivity contribution < 1.29 is 18.0 Å². The van der Waals surface area contributed by atoms with Crippen molar-refractivity contribution in [2.75, 3.05) is 0 Å². The average Bonchev–Trinajstić information content (AvgIpc) is 3.06. The van der Waals surface area contributed by atoms with Gasteiger partial charge < -0.3 is 13.6 Å². The third-order valence-corrected chi connectivity index (χ3v) is 2.86. The first-order valence-electron chi connectivity index (χ1n) is 5.68. The quantitative estimate of drug-likeness (QED) is 0.723. The smallest absolute Gasteiger partial charge is 0.283 e. The Hall–Kier alpha value is -2.15. The summed E-state index contributed by atoms with van der Waals surface area (Å²) in [6, 6.07) is 9.51. The van der Waals surface area contributed by atoms with E-state index in [1.807, 2.05) is 0 Å². The first kappa shape index (κ1) is 12.9. The molecular formula is C13H8BrFN2O3. The zero-order valence-electron chi connectivity index (χ0n) is 10.0. The fourth-order valence-corrected chi connectivity index (χ4v) is 1.85. The van der Waals surface area contributed by atoms with E-state index >= 15 is 0 Å². The Bertz CT molecular complexity index is 726. The molecule has 0 amide bonds. The number of furan rings is 1. The van der Waals surface area contributed by atoms with Crippen LogP contribution in [0, 0.1) is 5.82 Å². The van der Waals surface area contributed by atoms with Crippen molar-refractivity contribution in [3.63, 3.8) is 0 Å². The Kier molecular flexibility index (Phi) is 3.51. The van der Waals surface area contributed by atoms with Gasteiger partial charge in [-0.25, -0.2) is 4.39 Å². The predicted octanol–water partition coefficient (Wildman–Crippen LogP) is 3.81. The number of aromatic nitrogens is 2.